The molecule has 0 aromatic rings. The lowest BCUT2D eigenvalue weighted by Gasteiger charge is -2.55. The molecule has 7 nitrogen and oxygen atoms in total. The molecular weight excluding hydrogens is 556 g/mol. The Kier molecular flexibility index (Phi) is 14.9. The first-order valence-corrected chi connectivity index (χ1v) is 17.5. The molecular formula is C37H74O7. The maximum atomic E-state index is 11.1. The molecule has 5 unspecified atom stereocenters. The largest absolute Gasteiger partial charge is 0.390 e. The SMILES string of the molecule is CCC(C)(O)COC(C)(CC)C1(CC(C)(C)OCCC(C)(C)O)CC(C)(OCCC(C)C)CCC(C)(OCCC(C)(C)O)C1. The number of ether oxygens (including phenoxy) is 4. The topological polar surface area (TPSA) is 97.6 Å². The molecule has 0 amide bonds. The van der Waals surface area contributed by atoms with Gasteiger partial charge < -0.3 is 34.3 Å². The number of hydrogen-bond donors (Lipinski definition) is 3. The zero-order valence-electron chi connectivity index (χ0n) is 31.5. The molecule has 0 aromatic carbocycles. The third kappa shape index (κ3) is 14.2. The maximum Gasteiger partial charge on any atom is 0.0849 e. The van der Waals surface area contributed by atoms with Crippen LogP contribution in [0.2, 0.25) is 0 Å². The lowest BCUT2D eigenvalue weighted by Crippen LogP contribution is -2.57. The summed E-state index contributed by atoms with van der Waals surface area (Å²) < 4.78 is 27.1. The Labute approximate surface area is 272 Å². The van der Waals surface area contributed by atoms with E-state index in [0.717, 1.165) is 38.5 Å². The fraction of sp³-hybridized carbons (Fsp3) is 1.00. The van der Waals surface area contributed by atoms with E-state index in [1.54, 1.807) is 0 Å². The van der Waals surface area contributed by atoms with Crippen LogP contribution in [0.1, 0.15) is 161 Å². The standard InChI is InChI=1S/C37H74O7/c1-15-33(11,40)28-44-36(14,16-2)37(25-32(9,10)41-23-20-30(5,6)38)26-34(12,42-22-17-29(3)4)18-19-35(13,27-37)43-24-21-31(7,8)39/h29,38-40H,15-28H2,1-14H3. The van der Waals surface area contributed by atoms with Gasteiger partial charge in [0.1, 0.15) is 0 Å². The van der Waals surface area contributed by atoms with E-state index >= 15 is 0 Å². The highest BCUT2D eigenvalue weighted by atomic mass is 16.5. The fourth-order valence-corrected chi connectivity index (χ4v) is 6.71. The highest BCUT2D eigenvalue weighted by molar-refractivity contribution is 5.09. The zero-order chi connectivity index (χ0) is 34.3. The van der Waals surface area contributed by atoms with E-state index in [4.69, 9.17) is 18.9 Å². The molecule has 0 bridgehead atoms. The van der Waals surface area contributed by atoms with Gasteiger partial charge in [-0.2, -0.15) is 0 Å². The van der Waals surface area contributed by atoms with Crippen molar-refractivity contribution in [2.75, 3.05) is 26.4 Å². The second-order valence-corrected chi connectivity index (χ2v) is 17.5. The Bertz CT molecular complexity index is 842. The van der Waals surface area contributed by atoms with Gasteiger partial charge in [-0.25, -0.2) is 0 Å². The number of aliphatic hydroxyl groups is 3. The van der Waals surface area contributed by atoms with E-state index in [-0.39, 0.29) is 6.61 Å². The van der Waals surface area contributed by atoms with Crippen LogP contribution in [0.5, 0.6) is 0 Å². The van der Waals surface area contributed by atoms with Crippen LogP contribution in [0.3, 0.4) is 0 Å². The summed E-state index contributed by atoms with van der Waals surface area (Å²) in [5, 5.41) is 31.9. The van der Waals surface area contributed by atoms with Crippen molar-refractivity contribution in [1.29, 1.82) is 0 Å². The van der Waals surface area contributed by atoms with Crippen molar-refractivity contribution in [3.63, 3.8) is 0 Å². The van der Waals surface area contributed by atoms with Crippen LogP contribution in [-0.2, 0) is 18.9 Å². The monoisotopic (exact) mass is 631 g/mol. The Morgan fingerprint density at radius 3 is 1.59 bits per heavy atom. The van der Waals surface area contributed by atoms with Gasteiger partial charge in [-0.05, 0) is 139 Å². The average Bonchev–Trinajstić information content (AvgIpc) is 2.94. The summed E-state index contributed by atoms with van der Waals surface area (Å²) in [4.78, 5) is 0. The van der Waals surface area contributed by atoms with Gasteiger partial charge in [-0.3, -0.25) is 0 Å². The van der Waals surface area contributed by atoms with Crippen molar-refractivity contribution >= 4 is 0 Å². The average molecular weight is 631 g/mol. The quantitative estimate of drug-likeness (QED) is 0.117. The molecule has 1 fully saturated rings. The molecule has 264 valence electrons. The first-order valence-electron chi connectivity index (χ1n) is 17.5. The minimum absolute atomic E-state index is 0.233. The van der Waals surface area contributed by atoms with Crippen LogP contribution in [0.4, 0.5) is 0 Å². The van der Waals surface area contributed by atoms with E-state index in [0.29, 0.717) is 51.4 Å². The molecule has 0 aromatic heterocycles. The molecule has 3 N–H and O–H groups in total. The minimum Gasteiger partial charge on any atom is -0.390 e. The Hall–Kier alpha value is -0.280. The molecule has 1 saturated carbocycles. The van der Waals surface area contributed by atoms with Gasteiger partial charge in [0.25, 0.3) is 0 Å². The summed E-state index contributed by atoms with van der Waals surface area (Å²) in [7, 11) is 0. The maximum absolute atomic E-state index is 11.1. The summed E-state index contributed by atoms with van der Waals surface area (Å²) >= 11 is 0. The fourth-order valence-electron chi connectivity index (χ4n) is 6.71. The smallest absolute Gasteiger partial charge is 0.0849 e. The minimum atomic E-state index is -0.940. The van der Waals surface area contributed by atoms with Crippen molar-refractivity contribution < 1.29 is 34.3 Å². The van der Waals surface area contributed by atoms with Gasteiger partial charge in [0.15, 0.2) is 0 Å². The molecule has 0 radical (unpaired) electrons. The third-order valence-corrected chi connectivity index (χ3v) is 10.1. The van der Waals surface area contributed by atoms with Crippen LogP contribution >= 0.6 is 0 Å². The number of rotatable bonds is 20. The van der Waals surface area contributed by atoms with E-state index in [9.17, 15) is 15.3 Å². The van der Waals surface area contributed by atoms with Gasteiger partial charge in [0, 0.05) is 12.0 Å². The van der Waals surface area contributed by atoms with E-state index in [1.165, 1.54) is 0 Å². The summed E-state index contributed by atoms with van der Waals surface area (Å²) in [5.74, 6) is 0.549. The Morgan fingerprint density at radius 2 is 1.16 bits per heavy atom. The molecule has 0 heterocycles. The molecule has 0 aliphatic heterocycles. The second kappa shape index (κ2) is 15.7. The first-order chi connectivity index (χ1) is 19.7. The van der Waals surface area contributed by atoms with Gasteiger partial charge in [0.2, 0.25) is 0 Å². The van der Waals surface area contributed by atoms with Crippen LogP contribution in [0, 0.1) is 11.3 Å². The van der Waals surface area contributed by atoms with Crippen molar-refractivity contribution in [3.8, 4) is 0 Å². The van der Waals surface area contributed by atoms with Crippen LogP contribution < -0.4 is 0 Å². The van der Waals surface area contributed by atoms with Crippen LogP contribution in [0.15, 0.2) is 0 Å². The molecule has 44 heavy (non-hydrogen) atoms. The first kappa shape index (κ1) is 41.7. The Balaban J connectivity index is 3.74. The molecule has 1 aliphatic carbocycles. The molecule has 1 aliphatic rings. The summed E-state index contributed by atoms with van der Waals surface area (Å²) in [5.41, 5.74) is -5.06. The van der Waals surface area contributed by atoms with Crippen LogP contribution in [-0.4, -0.2) is 81.0 Å². The summed E-state index contributed by atoms with van der Waals surface area (Å²) in [6.07, 6.45) is 7.27. The van der Waals surface area contributed by atoms with E-state index in [1.807, 2.05) is 41.5 Å². The van der Waals surface area contributed by atoms with Gasteiger partial charge in [0.05, 0.1) is 59.0 Å². The Morgan fingerprint density at radius 1 is 0.682 bits per heavy atom. The summed E-state index contributed by atoms with van der Waals surface area (Å²) in [6, 6.07) is 0. The van der Waals surface area contributed by atoms with Crippen molar-refractivity contribution in [3.05, 3.63) is 0 Å². The van der Waals surface area contributed by atoms with Gasteiger partial charge in [-0.1, -0.05) is 27.7 Å². The van der Waals surface area contributed by atoms with Gasteiger partial charge >= 0.3 is 0 Å². The normalized spacial score (nSPS) is 28.5. The highest BCUT2D eigenvalue weighted by Gasteiger charge is 2.59. The molecule has 7 heteroatoms. The van der Waals surface area contributed by atoms with E-state index < -0.39 is 44.6 Å². The van der Waals surface area contributed by atoms with Gasteiger partial charge in [-0.15, -0.1) is 0 Å². The lowest BCUT2D eigenvalue weighted by molar-refractivity contribution is -0.217. The molecule has 5 atom stereocenters. The van der Waals surface area contributed by atoms with Crippen molar-refractivity contribution in [2.24, 2.45) is 11.3 Å². The predicted octanol–water partition coefficient (Wildman–Crippen LogP) is 8.00. The summed E-state index contributed by atoms with van der Waals surface area (Å²) in [6.45, 7) is 30.5. The van der Waals surface area contributed by atoms with Crippen LogP contribution in [0.25, 0.3) is 0 Å². The molecule has 1 rings (SSSR count). The predicted molar refractivity (Wildman–Crippen MR) is 181 cm³/mol. The zero-order valence-corrected chi connectivity index (χ0v) is 31.5. The molecule has 0 saturated heterocycles. The number of hydrogen-bond acceptors (Lipinski definition) is 7. The van der Waals surface area contributed by atoms with Crippen molar-refractivity contribution in [2.45, 2.75) is 200 Å². The van der Waals surface area contributed by atoms with E-state index in [2.05, 4.69) is 55.4 Å². The third-order valence-electron chi connectivity index (χ3n) is 10.1. The second-order valence-electron chi connectivity index (χ2n) is 17.5. The lowest BCUT2D eigenvalue weighted by atomic mass is 9.58. The highest BCUT2D eigenvalue weighted by Crippen LogP contribution is 2.58. The van der Waals surface area contributed by atoms with Crippen molar-refractivity contribution in [1.82, 2.24) is 0 Å². The molecule has 0 spiro atoms.